The maximum absolute atomic E-state index is 6.16. The van der Waals surface area contributed by atoms with Gasteiger partial charge in [-0.2, -0.15) is 0 Å². The predicted molar refractivity (Wildman–Crippen MR) is 87.8 cm³/mol. The van der Waals surface area contributed by atoms with Crippen LogP contribution < -0.4 is 5.32 Å². The lowest BCUT2D eigenvalue weighted by molar-refractivity contribution is 0.103. The van der Waals surface area contributed by atoms with E-state index in [0.29, 0.717) is 18.0 Å². The lowest BCUT2D eigenvalue weighted by atomic mass is 9.99. The monoisotopic (exact) mass is 313 g/mol. The van der Waals surface area contributed by atoms with E-state index in [4.69, 9.17) is 16.3 Å². The molecule has 0 bridgehead atoms. The minimum atomic E-state index is 0.384. The third kappa shape index (κ3) is 4.14. The molecule has 1 heterocycles. The Balaban J connectivity index is 2.11. The number of hydrogen-bond acceptors (Lipinski definition) is 3. The molecular weight excluding hydrogens is 290 g/mol. The van der Waals surface area contributed by atoms with Gasteiger partial charge in [0, 0.05) is 28.6 Å². The van der Waals surface area contributed by atoms with Crippen LogP contribution in [0.2, 0.25) is 5.02 Å². The molecule has 1 aliphatic heterocycles. The van der Waals surface area contributed by atoms with E-state index < -0.39 is 0 Å². The molecule has 1 aromatic carbocycles. The van der Waals surface area contributed by atoms with Crippen molar-refractivity contribution in [3.63, 3.8) is 0 Å². The van der Waals surface area contributed by atoms with Crippen molar-refractivity contribution in [3.8, 4) is 0 Å². The molecule has 0 saturated heterocycles. The quantitative estimate of drug-likeness (QED) is 0.834. The molecule has 0 spiro atoms. The summed E-state index contributed by atoms with van der Waals surface area (Å²) in [5.74, 6) is 1.71. The van der Waals surface area contributed by atoms with E-state index >= 15 is 0 Å². The largest absolute Gasteiger partial charge is 0.380 e. The second-order valence-corrected chi connectivity index (χ2v) is 7.12. The number of fused-ring (bicyclic) bond motifs is 1. The van der Waals surface area contributed by atoms with Crippen molar-refractivity contribution in [3.05, 3.63) is 28.8 Å². The Kier molecular flexibility index (Phi) is 6.21. The van der Waals surface area contributed by atoms with Crippen LogP contribution in [0.5, 0.6) is 0 Å². The van der Waals surface area contributed by atoms with Crippen LogP contribution >= 0.6 is 23.4 Å². The highest BCUT2D eigenvalue weighted by Gasteiger charge is 2.24. The fourth-order valence-electron chi connectivity index (χ4n) is 2.47. The standard InChI is InChI=1S/C16H24ClNOS/c1-4-19-10-15(11(2)3)18-14-7-8-20-16-6-5-12(17)9-13(14)16/h5-6,9,11,14-15,18H,4,7-8,10H2,1-3H3. The Hall–Kier alpha value is -0.220. The van der Waals surface area contributed by atoms with Gasteiger partial charge in [0.25, 0.3) is 0 Å². The van der Waals surface area contributed by atoms with Crippen LogP contribution in [-0.4, -0.2) is 25.0 Å². The van der Waals surface area contributed by atoms with Crippen molar-refractivity contribution in [1.29, 1.82) is 0 Å². The van der Waals surface area contributed by atoms with Gasteiger partial charge in [0.2, 0.25) is 0 Å². The van der Waals surface area contributed by atoms with E-state index in [1.54, 1.807) is 0 Å². The summed E-state index contributed by atoms with van der Waals surface area (Å²) in [7, 11) is 0. The molecule has 0 aromatic heterocycles. The summed E-state index contributed by atoms with van der Waals surface area (Å²) in [6.45, 7) is 8.07. The zero-order valence-corrected chi connectivity index (χ0v) is 14.1. The normalized spacial score (nSPS) is 19.9. The van der Waals surface area contributed by atoms with Crippen LogP contribution in [0.25, 0.3) is 0 Å². The summed E-state index contributed by atoms with van der Waals surface area (Å²) in [6.07, 6.45) is 1.15. The molecule has 0 fully saturated rings. The minimum Gasteiger partial charge on any atom is -0.380 e. The second-order valence-electron chi connectivity index (χ2n) is 5.55. The van der Waals surface area contributed by atoms with E-state index in [9.17, 15) is 0 Å². The lowest BCUT2D eigenvalue weighted by Gasteiger charge is -2.32. The Bertz CT molecular complexity index is 438. The molecule has 1 aromatic rings. The van der Waals surface area contributed by atoms with Crippen molar-refractivity contribution in [2.45, 2.75) is 44.2 Å². The molecule has 0 amide bonds. The van der Waals surface area contributed by atoms with Gasteiger partial charge >= 0.3 is 0 Å². The third-order valence-corrected chi connectivity index (χ3v) is 5.09. The van der Waals surface area contributed by atoms with Crippen LogP contribution in [-0.2, 0) is 4.74 Å². The average molecular weight is 314 g/mol. The third-order valence-electron chi connectivity index (χ3n) is 3.73. The van der Waals surface area contributed by atoms with Crippen molar-refractivity contribution >= 4 is 23.4 Å². The van der Waals surface area contributed by atoms with Gasteiger partial charge < -0.3 is 10.1 Å². The van der Waals surface area contributed by atoms with Gasteiger partial charge in [0.15, 0.2) is 0 Å². The average Bonchev–Trinajstić information content (AvgIpc) is 2.43. The smallest absolute Gasteiger partial charge is 0.0622 e. The Labute approximate surface area is 131 Å². The zero-order valence-electron chi connectivity index (χ0n) is 12.5. The van der Waals surface area contributed by atoms with E-state index in [1.165, 1.54) is 10.5 Å². The highest BCUT2D eigenvalue weighted by Crippen LogP contribution is 2.38. The number of rotatable bonds is 6. The van der Waals surface area contributed by atoms with Crippen LogP contribution in [0.4, 0.5) is 0 Å². The molecule has 0 radical (unpaired) electrons. The number of ether oxygens (including phenoxy) is 1. The number of halogens is 1. The molecule has 20 heavy (non-hydrogen) atoms. The van der Waals surface area contributed by atoms with Gasteiger partial charge in [-0.3, -0.25) is 0 Å². The van der Waals surface area contributed by atoms with Gasteiger partial charge in [-0.1, -0.05) is 25.4 Å². The first kappa shape index (κ1) is 16.2. The van der Waals surface area contributed by atoms with Gasteiger partial charge in [-0.15, -0.1) is 11.8 Å². The first-order valence-corrected chi connectivity index (χ1v) is 8.74. The van der Waals surface area contributed by atoms with Crippen molar-refractivity contribution in [2.75, 3.05) is 19.0 Å². The van der Waals surface area contributed by atoms with Gasteiger partial charge in [-0.25, -0.2) is 0 Å². The Morgan fingerprint density at radius 3 is 2.95 bits per heavy atom. The molecule has 2 atom stereocenters. The Morgan fingerprint density at radius 1 is 1.45 bits per heavy atom. The first-order valence-electron chi connectivity index (χ1n) is 7.37. The summed E-state index contributed by atoms with van der Waals surface area (Å²) in [6, 6.07) is 7.00. The summed E-state index contributed by atoms with van der Waals surface area (Å²) >= 11 is 8.09. The zero-order chi connectivity index (χ0) is 14.5. The summed E-state index contributed by atoms with van der Waals surface area (Å²) in [5.41, 5.74) is 1.34. The SMILES string of the molecule is CCOCC(NC1CCSc2ccc(Cl)cc21)C(C)C. The van der Waals surface area contributed by atoms with E-state index in [1.807, 2.05) is 24.8 Å². The minimum absolute atomic E-state index is 0.384. The predicted octanol–water partition coefficient (Wildman–Crippen LogP) is 4.53. The maximum Gasteiger partial charge on any atom is 0.0622 e. The molecule has 0 saturated carbocycles. The van der Waals surface area contributed by atoms with Crippen molar-refractivity contribution < 1.29 is 4.74 Å². The second kappa shape index (κ2) is 7.69. The van der Waals surface area contributed by atoms with Crippen LogP contribution in [0, 0.1) is 5.92 Å². The lowest BCUT2D eigenvalue weighted by Crippen LogP contribution is -2.41. The fraction of sp³-hybridized carbons (Fsp3) is 0.625. The highest BCUT2D eigenvalue weighted by atomic mass is 35.5. The number of thioether (sulfide) groups is 1. The van der Waals surface area contributed by atoms with Crippen LogP contribution in [0.1, 0.15) is 38.8 Å². The molecular formula is C16H24ClNOS. The van der Waals surface area contributed by atoms with Crippen molar-refractivity contribution in [2.24, 2.45) is 5.92 Å². The summed E-state index contributed by atoms with van der Waals surface area (Å²) in [5, 5.41) is 4.60. The topological polar surface area (TPSA) is 21.3 Å². The molecule has 112 valence electrons. The maximum atomic E-state index is 6.16. The Morgan fingerprint density at radius 2 is 2.25 bits per heavy atom. The molecule has 2 unspecified atom stereocenters. The van der Waals surface area contributed by atoms with Crippen molar-refractivity contribution in [1.82, 2.24) is 5.32 Å². The molecule has 1 N–H and O–H groups in total. The highest BCUT2D eigenvalue weighted by molar-refractivity contribution is 7.99. The van der Waals surface area contributed by atoms with E-state index in [0.717, 1.165) is 30.4 Å². The van der Waals surface area contributed by atoms with E-state index in [-0.39, 0.29) is 0 Å². The van der Waals surface area contributed by atoms with Gasteiger partial charge in [-0.05, 0) is 48.8 Å². The first-order chi connectivity index (χ1) is 9.61. The summed E-state index contributed by atoms with van der Waals surface area (Å²) < 4.78 is 5.62. The van der Waals surface area contributed by atoms with Crippen LogP contribution in [0.3, 0.4) is 0 Å². The fourth-order valence-corrected chi connectivity index (χ4v) is 3.76. The van der Waals surface area contributed by atoms with E-state index in [2.05, 4.69) is 31.3 Å². The molecule has 0 aliphatic carbocycles. The van der Waals surface area contributed by atoms with Gasteiger partial charge in [0.05, 0.1) is 6.61 Å². The number of nitrogens with one attached hydrogen (secondary N) is 1. The molecule has 2 rings (SSSR count). The van der Waals surface area contributed by atoms with Gasteiger partial charge in [0.1, 0.15) is 0 Å². The number of hydrogen-bond donors (Lipinski definition) is 1. The molecule has 2 nitrogen and oxygen atoms in total. The number of benzene rings is 1. The molecule has 4 heteroatoms. The molecule has 1 aliphatic rings. The summed E-state index contributed by atoms with van der Waals surface area (Å²) in [4.78, 5) is 1.36. The van der Waals surface area contributed by atoms with Crippen LogP contribution in [0.15, 0.2) is 23.1 Å².